The average molecular weight is 489 g/mol. The number of nitrogens with zero attached hydrogens (tertiary/aromatic N) is 4. The van der Waals surface area contributed by atoms with Gasteiger partial charge >= 0.3 is 5.97 Å². The predicted octanol–water partition coefficient (Wildman–Crippen LogP) is 4.38. The molecule has 11 heteroatoms. The van der Waals surface area contributed by atoms with E-state index in [9.17, 15) is 19.7 Å². The van der Waals surface area contributed by atoms with E-state index in [1.165, 1.54) is 29.1 Å². The maximum Gasteiger partial charge on any atom is 0.343 e. The zero-order valence-electron chi connectivity index (χ0n) is 20.1. The number of carbonyl (C=O) groups excluding carboxylic acids is 2. The Balaban J connectivity index is 1.82. The molecule has 0 saturated heterocycles. The number of aromatic nitrogens is 3. The molecule has 1 N–H and O–H groups in total. The fourth-order valence-corrected chi connectivity index (χ4v) is 3.83. The molecule has 0 saturated carbocycles. The molecule has 0 aliphatic heterocycles. The monoisotopic (exact) mass is 489 g/mol. The number of esters is 1. The third-order valence-electron chi connectivity index (χ3n) is 5.58. The number of fused-ring (bicyclic) bond motifs is 1. The molecular weight excluding hydrogens is 466 g/mol. The van der Waals surface area contributed by atoms with Crippen LogP contribution in [0.25, 0.3) is 16.7 Å². The summed E-state index contributed by atoms with van der Waals surface area (Å²) in [6, 6.07) is 11.3. The number of nitro groups is 1. The SMILES string of the molecule is CCOC(=O)c1cnn(-c2cc(C)c3cccc(OC)c3n2)c1NC(=O)c1ccc([N+](=O)[O-])c(C)c1. The molecule has 0 aliphatic rings. The van der Waals surface area contributed by atoms with Gasteiger partial charge < -0.3 is 14.8 Å². The first-order valence-corrected chi connectivity index (χ1v) is 11.0. The van der Waals surface area contributed by atoms with Crippen molar-refractivity contribution in [3.05, 3.63) is 81.0 Å². The Bertz CT molecular complexity index is 1510. The Morgan fingerprint density at radius 2 is 1.92 bits per heavy atom. The van der Waals surface area contributed by atoms with Gasteiger partial charge in [-0.2, -0.15) is 9.78 Å². The first-order chi connectivity index (χ1) is 17.2. The number of para-hydroxylation sites is 1. The van der Waals surface area contributed by atoms with Gasteiger partial charge in [0.15, 0.2) is 11.6 Å². The molecule has 0 bridgehead atoms. The summed E-state index contributed by atoms with van der Waals surface area (Å²) < 4.78 is 11.9. The molecule has 0 unspecified atom stereocenters. The zero-order chi connectivity index (χ0) is 26.0. The fourth-order valence-electron chi connectivity index (χ4n) is 3.83. The average Bonchev–Trinajstić information content (AvgIpc) is 3.27. The van der Waals surface area contributed by atoms with Gasteiger partial charge in [0.1, 0.15) is 16.8 Å². The number of anilines is 1. The Labute approximate surface area is 205 Å². The molecule has 0 spiro atoms. The van der Waals surface area contributed by atoms with E-state index < -0.39 is 16.8 Å². The smallest absolute Gasteiger partial charge is 0.343 e. The highest BCUT2D eigenvalue weighted by Crippen LogP contribution is 2.29. The summed E-state index contributed by atoms with van der Waals surface area (Å²) >= 11 is 0. The number of carbonyl (C=O) groups is 2. The van der Waals surface area contributed by atoms with Gasteiger partial charge in [0, 0.05) is 22.6 Å². The summed E-state index contributed by atoms with van der Waals surface area (Å²) in [4.78, 5) is 41.1. The van der Waals surface area contributed by atoms with Gasteiger partial charge in [-0.1, -0.05) is 12.1 Å². The summed E-state index contributed by atoms with van der Waals surface area (Å²) in [5, 5.41) is 19.0. The zero-order valence-corrected chi connectivity index (χ0v) is 20.1. The highest BCUT2D eigenvalue weighted by Gasteiger charge is 2.24. The molecule has 0 aliphatic carbocycles. The van der Waals surface area contributed by atoms with Gasteiger partial charge in [-0.3, -0.25) is 14.9 Å². The second kappa shape index (κ2) is 9.82. The first-order valence-electron chi connectivity index (χ1n) is 11.0. The van der Waals surface area contributed by atoms with Crippen LogP contribution >= 0.6 is 0 Å². The van der Waals surface area contributed by atoms with E-state index >= 15 is 0 Å². The van der Waals surface area contributed by atoms with E-state index in [-0.39, 0.29) is 29.2 Å². The largest absolute Gasteiger partial charge is 0.494 e. The number of amides is 1. The van der Waals surface area contributed by atoms with E-state index in [4.69, 9.17) is 9.47 Å². The van der Waals surface area contributed by atoms with Gasteiger partial charge in [0.05, 0.1) is 24.8 Å². The maximum absolute atomic E-state index is 13.1. The number of benzene rings is 2. The summed E-state index contributed by atoms with van der Waals surface area (Å²) in [5.74, 6) is -0.308. The van der Waals surface area contributed by atoms with Crippen LogP contribution in [-0.4, -0.2) is 45.3 Å². The number of hydrogen-bond acceptors (Lipinski definition) is 8. The second-order valence-electron chi connectivity index (χ2n) is 7.91. The van der Waals surface area contributed by atoms with E-state index in [0.717, 1.165) is 10.9 Å². The molecule has 1 amide bonds. The molecule has 0 fully saturated rings. The van der Waals surface area contributed by atoms with Gasteiger partial charge in [-0.15, -0.1) is 0 Å². The molecule has 184 valence electrons. The Morgan fingerprint density at radius 3 is 2.58 bits per heavy atom. The molecule has 0 radical (unpaired) electrons. The topological polar surface area (TPSA) is 138 Å². The molecule has 11 nitrogen and oxygen atoms in total. The van der Waals surface area contributed by atoms with Crippen LogP contribution < -0.4 is 10.1 Å². The Morgan fingerprint density at radius 1 is 1.14 bits per heavy atom. The van der Waals surface area contributed by atoms with Crippen molar-refractivity contribution in [3.8, 4) is 11.6 Å². The number of aryl methyl sites for hydroxylation is 2. The third kappa shape index (κ3) is 4.45. The third-order valence-corrected chi connectivity index (χ3v) is 5.58. The van der Waals surface area contributed by atoms with Gasteiger partial charge in [0.2, 0.25) is 0 Å². The van der Waals surface area contributed by atoms with Crippen LogP contribution in [0.2, 0.25) is 0 Å². The molecule has 36 heavy (non-hydrogen) atoms. The number of hydrogen-bond donors (Lipinski definition) is 1. The molecular formula is C25H23N5O6. The van der Waals surface area contributed by atoms with Crippen molar-refractivity contribution in [2.45, 2.75) is 20.8 Å². The van der Waals surface area contributed by atoms with Crippen LogP contribution in [0.4, 0.5) is 11.5 Å². The lowest BCUT2D eigenvalue weighted by atomic mass is 10.1. The van der Waals surface area contributed by atoms with Crippen molar-refractivity contribution < 1.29 is 24.0 Å². The lowest BCUT2D eigenvalue weighted by molar-refractivity contribution is -0.385. The van der Waals surface area contributed by atoms with Gasteiger partial charge in [-0.25, -0.2) is 9.78 Å². The van der Waals surface area contributed by atoms with Crippen LogP contribution in [0, 0.1) is 24.0 Å². The van der Waals surface area contributed by atoms with Crippen molar-refractivity contribution in [1.29, 1.82) is 0 Å². The number of pyridine rings is 1. The predicted molar refractivity (Wildman–Crippen MR) is 132 cm³/mol. The van der Waals surface area contributed by atoms with Crippen LogP contribution in [0.5, 0.6) is 5.75 Å². The Hall–Kier alpha value is -4.80. The minimum absolute atomic E-state index is 0.0309. The summed E-state index contributed by atoms with van der Waals surface area (Å²) in [5.41, 5.74) is 1.89. The summed E-state index contributed by atoms with van der Waals surface area (Å²) in [6.07, 6.45) is 1.29. The summed E-state index contributed by atoms with van der Waals surface area (Å²) in [6.45, 7) is 5.24. The van der Waals surface area contributed by atoms with Crippen LogP contribution in [-0.2, 0) is 4.74 Å². The molecule has 2 aromatic carbocycles. The fraction of sp³-hybridized carbons (Fsp3) is 0.200. The van der Waals surface area contributed by atoms with Crippen molar-refractivity contribution in [1.82, 2.24) is 14.8 Å². The minimum atomic E-state index is -0.672. The van der Waals surface area contributed by atoms with E-state index in [1.54, 1.807) is 33.1 Å². The quantitative estimate of drug-likeness (QED) is 0.229. The number of rotatable bonds is 7. The molecule has 2 aromatic heterocycles. The Kier molecular flexibility index (Phi) is 6.64. The van der Waals surface area contributed by atoms with Gasteiger partial charge in [0.25, 0.3) is 11.6 Å². The number of nitrogens with one attached hydrogen (secondary N) is 1. The maximum atomic E-state index is 13.1. The van der Waals surface area contributed by atoms with Crippen molar-refractivity contribution in [2.24, 2.45) is 0 Å². The first kappa shape index (κ1) is 24.3. The lowest BCUT2D eigenvalue weighted by Crippen LogP contribution is -2.18. The van der Waals surface area contributed by atoms with Crippen molar-refractivity contribution >= 4 is 34.3 Å². The van der Waals surface area contributed by atoms with Crippen LogP contribution in [0.3, 0.4) is 0 Å². The molecule has 4 rings (SSSR count). The van der Waals surface area contributed by atoms with Crippen molar-refractivity contribution in [2.75, 3.05) is 19.0 Å². The van der Waals surface area contributed by atoms with Crippen LogP contribution in [0.15, 0.2) is 48.7 Å². The standard InChI is InChI=1S/C25H23N5O6/c1-5-36-25(32)18-13-26-29(21-12-14(2)17-7-6-8-20(35-4)22(17)27-21)23(18)28-24(31)16-9-10-19(30(33)34)15(3)11-16/h6-13H,5H2,1-4H3,(H,28,31). The van der Waals surface area contributed by atoms with E-state index in [2.05, 4.69) is 15.4 Å². The number of nitro benzene ring substituents is 1. The van der Waals surface area contributed by atoms with Crippen LogP contribution in [0.1, 0.15) is 38.8 Å². The van der Waals surface area contributed by atoms with E-state index in [1.807, 2.05) is 19.1 Å². The molecule has 2 heterocycles. The minimum Gasteiger partial charge on any atom is -0.494 e. The number of ether oxygens (including phenoxy) is 2. The normalized spacial score (nSPS) is 10.8. The second-order valence-corrected chi connectivity index (χ2v) is 7.91. The molecule has 0 atom stereocenters. The van der Waals surface area contributed by atoms with Crippen molar-refractivity contribution in [3.63, 3.8) is 0 Å². The highest BCUT2D eigenvalue weighted by molar-refractivity contribution is 6.07. The number of methoxy groups -OCH3 is 1. The lowest BCUT2D eigenvalue weighted by Gasteiger charge is -2.13. The highest BCUT2D eigenvalue weighted by atomic mass is 16.6. The van der Waals surface area contributed by atoms with E-state index in [0.29, 0.717) is 22.6 Å². The molecule has 4 aromatic rings. The summed E-state index contributed by atoms with van der Waals surface area (Å²) in [7, 11) is 1.54. The van der Waals surface area contributed by atoms with Gasteiger partial charge in [-0.05, 0) is 50.6 Å².